The smallest absolute Gasteiger partial charge is 0.304 e. The van der Waals surface area contributed by atoms with Crippen molar-refractivity contribution in [1.82, 2.24) is 4.31 Å². The van der Waals surface area contributed by atoms with Gasteiger partial charge in [0.05, 0.1) is 5.69 Å². The predicted molar refractivity (Wildman–Crippen MR) is 87.4 cm³/mol. The van der Waals surface area contributed by atoms with Crippen molar-refractivity contribution >= 4 is 21.6 Å². The second-order valence-corrected chi connectivity index (χ2v) is 7.63. The lowest BCUT2D eigenvalue weighted by Crippen LogP contribution is -2.48. The molecule has 21 heavy (non-hydrogen) atoms. The molecular weight excluding hydrogens is 286 g/mol. The molecule has 2 N–H and O–H groups in total. The summed E-state index contributed by atoms with van der Waals surface area (Å²) in [4.78, 5) is 0. The first-order valence-corrected chi connectivity index (χ1v) is 8.98. The molecule has 0 saturated carbocycles. The zero-order chi connectivity index (χ0) is 15.5. The van der Waals surface area contributed by atoms with Gasteiger partial charge in [0.1, 0.15) is 0 Å². The van der Waals surface area contributed by atoms with Crippen LogP contribution in [-0.4, -0.2) is 32.4 Å². The highest BCUT2D eigenvalue weighted by atomic mass is 32.2. The molecule has 0 aliphatic carbocycles. The van der Waals surface area contributed by atoms with Gasteiger partial charge < -0.3 is 5.73 Å². The number of piperidine rings is 1. The van der Waals surface area contributed by atoms with E-state index in [4.69, 9.17) is 5.73 Å². The summed E-state index contributed by atoms with van der Waals surface area (Å²) in [5.41, 5.74) is 7.03. The van der Waals surface area contributed by atoms with Gasteiger partial charge in [0, 0.05) is 25.3 Å². The fourth-order valence-corrected chi connectivity index (χ4v) is 4.63. The number of hydrogen-bond donors (Lipinski definition) is 1. The number of hydrogen-bond acceptors (Lipinski definition) is 3. The Morgan fingerprint density at radius 2 is 2.19 bits per heavy atom. The lowest BCUT2D eigenvalue weighted by Gasteiger charge is -2.35. The predicted octanol–water partition coefficient (Wildman–Crippen LogP) is 2.46. The maximum Gasteiger partial charge on any atom is 0.304 e. The maximum atomic E-state index is 12.9. The fourth-order valence-electron chi connectivity index (χ4n) is 2.76. The van der Waals surface area contributed by atoms with Gasteiger partial charge in [-0.3, -0.25) is 4.31 Å². The number of benzene rings is 1. The van der Waals surface area contributed by atoms with E-state index < -0.39 is 10.2 Å². The maximum absolute atomic E-state index is 12.9. The molecule has 1 heterocycles. The lowest BCUT2D eigenvalue weighted by molar-refractivity contribution is 0.280. The van der Waals surface area contributed by atoms with E-state index in [0.29, 0.717) is 36.9 Å². The number of rotatable bonds is 5. The summed E-state index contributed by atoms with van der Waals surface area (Å²) < 4.78 is 29.0. The van der Waals surface area contributed by atoms with Crippen LogP contribution in [0.25, 0.3) is 0 Å². The molecule has 1 unspecified atom stereocenters. The Bertz CT molecular complexity index is 574. The van der Waals surface area contributed by atoms with Gasteiger partial charge in [-0.15, -0.1) is 0 Å². The van der Waals surface area contributed by atoms with E-state index in [2.05, 4.69) is 6.92 Å². The Kier molecular flexibility index (Phi) is 5.11. The van der Waals surface area contributed by atoms with Gasteiger partial charge in [0.2, 0.25) is 0 Å². The Morgan fingerprint density at radius 1 is 1.43 bits per heavy atom. The molecule has 5 nitrogen and oxygen atoms in total. The molecule has 1 aromatic rings. The molecule has 1 aliphatic rings. The van der Waals surface area contributed by atoms with Gasteiger partial charge in [0.25, 0.3) is 0 Å². The van der Waals surface area contributed by atoms with E-state index in [9.17, 15) is 8.42 Å². The molecule has 0 radical (unpaired) electrons. The fraction of sp³-hybridized carbons (Fsp3) is 0.600. The van der Waals surface area contributed by atoms with Crippen LogP contribution in [-0.2, 0) is 10.2 Å². The van der Waals surface area contributed by atoms with Crippen LogP contribution in [0.3, 0.4) is 0 Å². The van der Waals surface area contributed by atoms with E-state index in [1.54, 1.807) is 28.6 Å². The van der Waals surface area contributed by atoms with Crippen molar-refractivity contribution in [2.24, 2.45) is 5.92 Å². The molecule has 6 heteroatoms. The Hall–Kier alpha value is -1.27. The van der Waals surface area contributed by atoms with Gasteiger partial charge in [-0.05, 0) is 43.4 Å². The van der Waals surface area contributed by atoms with Crippen molar-refractivity contribution in [3.05, 3.63) is 24.3 Å². The summed E-state index contributed by atoms with van der Waals surface area (Å²) in [5, 5.41) is 0. The molecule has 1 fully saturated rings. The highest BCUT2D eigenvalue weighted by molar-refractivity contribution is 7.90. The first kappa shape index (κ1) is 16.1. The van der Waals surface area contributed by atoms with Crippen molar-refractivity contribution in [2.45, 2.75) is 33.1 Å². The van der Waals surface area contributed by atoms with Crippen molar-refractivity contribution in [3.8, 4) is 0 Å². The van der Waals surface area contributed by atoms with Crippen molar-refractivity contribution in [3.63, 3.8) is 0 Å². The molecule has 0 amide bonds. The van der Waals surface area contributed by atoms with Gasteiger partial charge in [-0.2, -0.15) is 12.7 Å². The van der Waals surface area contributed by atoms with Crippen LogP contribution in [0.4, 0.5) is 11.4 Å². The van der Waals surface area contributed by atoms with Gasteiger partial charge in [0.15, 0.2) is 0 Å². The summed E-state index contributed by atoms with van der Waals surface area (Å²) in [5.74, 6) is 0.415. The number of nitrogens with zero attached hydrogens (tertiary/aromatic N) is 2. The zero-order valence-electron chi connectivity index (χ0n) is 12.8. The molecule has 0 spiro atoms. The van der Waals surface area contributed by atoms with Gasteiger partial charge >= 0.3 is 10.2 Å². The van der Waals surface area contributed by atoms with E-state index >= 15 is 0 Å². The van der Waals surface area contributed by atoms with Crippen LogP contribution in [0, 0.1) is 5.92 Å². The molecule has 0 aromatic heterocycles. The average Bonchev–Trinajstić information content (AvgIpc) is 2.44. The van der Waals surface area contributed by atoms with Gasteiger partial charge in [-0.1, -0.05) is 19.9 Å². The third-order valence-corrected chi connectivity index (χ3v) is 5.74. The van der Waals surface area contributed by atoms with Crippen LogP contribution in [0.5, 0.6) is 0 Å². The second kappa shape index (κ2) is 6.66. The molecular formula is C15H25N3O2S. The zero-order valence-corrected chi connectivity index (χ0v) is 13.6. The number of nitrogen functional groups attached to an aromatic ring is 1. The quantitative estimate of drug-likeness (QED) is 0.849. The SMILES string of the molecule is CCCN(c1cccc(N)c1)S(=O)(=O)N1CCCC(C)C1. The standard InChI is InChI=1S/C15H25N3O2S/c1-3-9-18(15-8-4-7-14(16)11-15)21(19,20)17-10-5-6-13(2)12-17/h4,7-8,11,13H,3,5-6,9-10,12,16H2,1-2H3. The molecule has 1 saturated heterocycles. The normalized spacial score (nSPS) is 20.4. The minimum atomic E-state index is -3.48. The lowest BCUT2D eigenvalue weighted by atomic mass is 10.0. The van der Waals surface area contributed by atoms with Crippen molar-refractivity contribution in [2.75, 3.05) is 29.7 Å². The number of nitrogens with two attached hydrogens (primary N) is 1. The topological polar surface area (TPSA) is 66.6 Å². The van der Waals surface area contributed by atoms with E-state index in [1.807, 2.05) is 6.92 Å². The largest absolute Gasteiger partial charge is 0.399 e. The van der Waals surface area contributed by atoms with Crippen molar-refractivity contribution < 1.29 is 8.42 Å². The highest BCUT2D eigenvalue weighted by Crippen LogP contribution is 2.26. The average molecular weight is 311 g/mol. The van der Waals surface area contributed by atoms with Crippen LogP contribution < -0.4 is 10.0 Å². The molecule has 1 aliphatic heterocycles. The second-order valence-electron chi connectivity index (χ2n) is 5.78. The highest BCUT2D eigenvalue weighted by Gasteiger charge is 2.32. The summed E-state index contributed by atoms with van der Waals surface area (Å²) in [6.45, 7) is 5.76. The van der Waals surface area contributed by atoms with Crippen LogP contribution >= 0.6 is 0 Å². The van der Waals surface area contributed by atoms with E-state index in [-0.39, 0.29) is 0 Å². The summed E-state index contributed by atoms with van der Waals surface area (Å²) in [6.07, 6.45) is 2.78. The Labute approximate surface area is 127 Å². The summed E-state index contributed by atoms with van der Waals surface area (Å²) in [6, 6.07) is 7.09. The first-order chi connectivity index (χ1) is 9.95. The van der Waals surface area contributed by atoms with E-state index in [0.717, 1.165) is 19.3 Å². The molecule has 1 atom stereocenters. The summed E-state index contributed by atoms with van der Waals surface area (Å²) >= 11 is 0. The summed E-state index contributed by atoms with van der Waals surface area (Å²) in [7, 11) is -3.48. The third kappa shape index (κ3) is 3.68. The van der Waals surface area contributed by atoms with Crippen LogP contribution in [0.15, 0.2) is 24.3 Å². The molecule has 118 valence electrons. The molecule has 1 aromatic carbocycles. The van der Waals surface area contributed by atoms with Crippen molar-refractivity contribution in [1.29, 1.82) is 0 Å². The Balaban J connectivity index is 2.32. The first-order valence-electron chi connectivity index (χ1n) is 7.58. The third-order valence-electron chi connectivity index (χ3n) is 3.81. The minimum Gasteiger partial charge on any atom is -0.399 e. The van der Waals surface area contributed by atoms with E-state index in [1.165, 1.54) is 4.31 Å². The van der Waals surface area contributed by atoms with Gasteiger partial charge in [-0.25, -0.2) is 0 Å². The van der Waals surface area contributed by atoms with Crippen LogP contribution in [0.2, 0.25) is 0 Å². The minimum absolute atomic E-state index is 0.415. The Morgan fingerprint density at radius 3 is 2.81 bits per heavy atom. The molecule has 0 bridgehead atoms. The van der Waals surface area contributed by atoms with Crippen LogP contribution in [0.1, 0.15) is 33.1 Å². The molecule has 2 rings (SSSR count). The number of anilines is 2. The monoisotopic (exact) mass is 311 g/mol.